The smallest absolute Gasteiger partial charge is 0.407 e. The lowest BCUT2D eigenvalue weighted by Crippen LogP contribution is -2.41. The molecule has 2 aromatic rings. The molecule has 0 aliphatic heterocycles. The summed E-state index contributed by atoms with van der Waals surface area (Å²) in [5, 5.41) is 2.57. The maximum atomic E-state index is 12.5. The number of alkyl carbamates (subject to hydrolysis) is 1. The molecular formula is C22H27NO5. The van der Waals surface area contributed by atoms with E-state index in [1.807, 2.05) is 60.7 Å². The molecule has 1 unspecified atom stereocenters. The summed E-state index contributed by atoms with van der Waals surface area (Å²) in [7, 11) is 0. The second-order valence-electron chi connectivity index (χ2n) is 7.26. The van der Waals surface area contributed by atoms with Crippen LogP contribution in [0, 0.1) is 0 Å². The van der Waals surface area contributed by atoms with Crippen molar-refractivity contribution < 1.29 is 23.8 Å². The third-order valence-electron chi connectivity index (χ3n) is 3.61. The Labute approximate surface area is 165 Å². The Hall–Kier alpha value is -2.86. The minimum atomic E-state index is -0.948. The fraction of sp³-hybridized carbons (Fsp3) is 0.364. The van der Waals surface area contributed by atoms with Gasteiger partial charge >= 0.3 is 12.1 Å². The van der Waals surface area contributed by atoms with Crippen LogP contribution in [0.5, 0.6) is 0 Å². The van der Waals surface area contributed by atoms with Crippen molar-refractivity contribution in [1.82, 2.24) is 5.32 Å². The maximum Gasteiger partial charge on any atom is 0.407 e. The van der Waals surface area contributed by atoms with E-state index in [9.17, 15) is 9.59 Å². The summed E-state index contributed by atoms with van der Waals surface area (Å²) in [4.78, 5) is 24.4. The Morgan fingerprint density at radius 2 is 1.43 bits per heavy atom. The number of amides is 1. The zero-order valence-electron chi connectivity index (χ0n) is 16.5. The molecule has 1 N–H and O–H groups in total. The van der Waals surface area contributed by atoms with Crippen molar-refractivity contribution in [2.45, 2.75) is 45.7 Å². The lowest BCUT2D eigenvalue weighted by Gasteiger charge is -2.21. The highest BCUT2D eigenvalue weighted by Crippen LogP contribution is 2.09. The van der Waals surface area contributed by atoms with Gasteiger partial charge in [-0.1, -0.05) is 60.7 Å². The van der Waals surface area contributed by atoms with Gasteiger partial charge in [-0.3, -0.25) is 0 Å². The van der Waals surface area contributed by atoms with Crippen LogP contribution in [-0.4, -0.2) is 30.3 Å². The van der Waals surface area contributed by atoms with Gasteiger partial charge < -0.3 is 19.5 Å². The van der Waals surface area contributed by atoms with Crippen LogP contribution in [0.25, 0.3) is 0 Å². The van der Waals surface area contributed by atoms with E-state index in [1.54, 1.807) is 20.8 Å². The summed E-state index contributed by atoms with van der Waals surface area (Å²) in [6.07, 6.45) is -1.56. The highest BCUT2D eigenvalue weighted by Gasteiger charge is 2.24. The van der Waals surface area contributed by atoms with E-state index < -0.39 is 23.8 Å². The molecule has 6 nitrogen and oxygen atoms in total. The minimum Gasteiger partial charge on any atom is -0.459 e. The summed E-state index contributed by atoms with van der Waals surface area (Å²) >= 11 is 0. The fourth-order valence-electron chi connectivity index (χ4n) is 2.29. The zero-order chi connectivity index (χ0) is 20.4. The van der Waals surface area contributed by atoms with Gasteiger partial charge in [-0.2, -0.15) is 0 Å². The Kier molecular flexibility index (Phi) is 8.02. The van der Waals surface area contributed by atoms with Gasteiger partial charge in [0.1, 0.15) is 12.2 Å². The largest absolute Gasteiger partial charge is 0.459 e. The summed E-state index contributed by atoms with van der Waals surface area (Å²) in [6.45, 7) is 5.62. The minimum absolute atomic E-state index is 0.0463. The van der Waals surface area contributed by atoms with E-state index in [0.29, 0.717) is 0 Å². The molecule has 0 saturated carbocycles. The van der Waals surface area contributed by atoms with Crippen LogP contribution in [-0.2, 0) is 32.2 Å². The molecule has 0 saturated heterocycles. The lowest BCUT2D eigenvalue weighted by molar-refractivity contribution is -0.159. The SMILES string of the molecule is CC(C)(C)OC(=O)NCC(OCc1ccccc1)C(=O)OCc1ccccc1. The summed E-state index contributed by atoms with van der Waals surface area (Å²) < 4.78 is 16.3. The molecule has 1 amide bonds. The normalized spacial score (nSPS) is 12.1. The summed E-state index contributed by atoms with van der Waals surface area (Å²) in [6, 6.07) is 18.8. The highest BCUT2D eigenvalue weighted by atomic mass is 16.6. The molecule has 0 radical (unpaired) electrons. The van der Waals surface area contributed by atoms with Gasteiger partial charge in [-0.15, -0.1) is 0 Å². The van der Waals surface area contributed by atoms with Crippen LogP contribution in [0.4, 0.5) is 4.79 Å². The number of carbonyl (C=O) groups excluding carboxylic acids is 2. The van der Waals surface area contributed by atoms with Crippen molar-refractivity contribution in [1.29, 1.82) is 0 Å². The Bertz CT molecular complexity index is 741. The van der Waals surface area contributed by atoms with Crippen molar-refractivity contribution in [2.75, 3.05) is 6.54 Å². The van der Waals surface area contributed by atoms with E-state index in [2.05, 4.69) is 5.32 Å². The molecule has 6 heteroatoms. The molecule has 1 atom stereocenters. The Morgan fingerprint density at radius 1 is 0.893 bits per heavy atom. The first kappa shape index (κ1) is 21.4. The topological polar surface area (TPSA) is 73.9 Å². The van der Waals surface area contributed by atoms with Gasteiger partial charge in [0.15, 0.2) is 6.10 Å². The highest BCUT2D eigenvalue weighted by molar-refractivity contribution is 5.76. The number of carbonyl (C=O) groups is 2. The van der Waals surface area contributed by atoms with Gasteiger partial charge in [0.2, 0.25) is 0 Å². The standard InChI is InChI=1S/C22H27NO5/c1-22(2,3)28-21(25)23-14-19(26-15-17-10-6-4-7-11-17)20(24)27-16-18-12-8-5-9-13-18/h4-13,19H,14-16H2,1-3H3,(H,23,25). The zero-order valence-corrected chi connectivity index (χ0v) is 16.5. The molecule has 0 aliphatic rings. The fourth-order valence-corrected chi connectivity index (χ4v) is 2.29. The number of nitrogens with one attached hydrogen (secondary N) is 1. The average Bonchev–Trinajstić information content (AvgIpc) is 2.66. The molecule has 0 spiro atoms. The number of rotatable bonds is 8. The molecule has 0 bridgehead atoms. The second-order valence-corrected chi connectivity index (χ2v) is 7.26. The predicted molar refractivity (Wildman–Crippen MR) is 105 cm³/mol. The van der Waals surface area contributed by atoms with E-state index in [0.717, 1.165) is 11.1 Å². The third kappa shape index (κ3) is 8.22. The van der Waals surface area contributed by atoms with Crippen LogP contribution in [0.1, 0.15) is 31.9 Å². The number of hydrogen-bond acceptors (Lipinski definition) is 5. The van der Waals surface area contributed by atoms with Gasteiger partial charge in [0.05, 0.1) is 13.2 Å². The molecule has 28 heavy (non-hydrogen) atoms. The van der Waals surface area contributed by atoms with Gasteiger partial charge in [0, 0.05) is 0 Å². The quantitative estimate of drug-likeness (QED) is 0.699. The molecule has 2 aromatic carbocycles. The van der Waals surface area contributed by atoms with Crippen LogP contribution in [0.2, 0.25) is 0 Å². The molecule has 2 rings (SSSR count). The summed E-state index contributed by atoms with van der Waals surface area (Å²) in [5.41, 5.74) is 1.16. The monoisotopic (exact) mass is 385 g/mol. The first-order valence-electron chi connectivity index (χ1n) is 9.16. The Balaban J connectivity index is 1.93. The van der Waals surface area contributed by atoms with Gasteiger partial charge in [-0.25, -0.2) is 9.59 Å². The number of benzene rings is 2. The van der Waals surface area contributed by atoms with Crippen LogP contribution >= 0.6 is 0 Å². The first-order chi connectivity index (χ1) is 13.3. The Morgan fingerprint density at radius 3 is 1.96 bits per heavy atom. The second kappa shape index (κ2) is 10.5. The summed E-state index contributed by atoms with van der Waals surface area (Å²) in [5.74, 6) is -0.546. The molecule has 150 valence electrons. The maximum absolute atomic E-state index is 12.5. The van der Waals surface area contributed by atoms with Gasteiger partial charge in [0.25, 0.3) is 0 Å². The number of ether oxygens (including phenoxy) is 3. The van der Waals surface area contributed by atoms with Crippen molar-refractivity contribution in [2.24, 2.45) is 0 Å². The van der Waals surface area contributed by atoms with Crippen LogP contribution in [0.3, 0.4) is 0 Å². The number of hydrogen-bond donors (Lipinski definition) is 1. The average molecular weight is 385 g/mol. The predicted octanol–water partition coefficient (Wildman–Crippen LogP) is 3.84. The van der Waals surface area contributed by atoms with Crippen molar-refractivity contribution >= 4 is 12.1 Å². The van der Waals surface area contributed by atoms with Crippen molar-refractivity contribution in [3.63, 3.8) is 0 Å². The first-order valence-corrected chi connectivity index (χ1v) is 9.16. The third-order valence-corrected chi connectivity index (χ3v) is 3.61. The van der Waals surface area contributed by atoms with Gasteiger partial charge in [-0.05, 0) is 31.9 Å². The number of esters is 1. The van der Waals surface area contributed by atoms with E-state index in [4.69, 9.17) is 14.2 Å². The van der Waals surface area contributed by atoms with E-state index >= 15 is 0 Å². The molecule has 0 heterocycles. The van der Waals surface area contributed by atoms with Crippen LogP contribution < -0.4 is 5.32 Å². The molecule has 0 aliphatic carbocycles. The molecular weight excluding hydrogens is 358 g/mol. The van der Waals surface area contributed by atoms with Crippen LogP contribution in [0.15, 0.2) is 60.7 Å². The van der Waals surface area contributed by atoms with E-state index in [1.165, 1.54) is 0 Å². The molecule has 0 fully saturated rings. The lowest BCUT2D eigenvalue weighted by atomic mass is 10.2. The van der Waals surface area contributed by atoms with Crippen molar-refractivity contribution in [3.05, 3.63) is 71.8 Å². The van der Waals surface area contributed by atoms with E-state index in [-0.39, 0.29) is 19.8 Å². The van der Waals surface area contributed by atoms with Crippen molar-refractivity contribution in [3.8, 4) is 0 Å². The molecule has 0 aromatic heterocycles.